The van der Waals surface area contributed by atoms with Crippen LogP contribution in [0.2, 0.25) is 0 Å². The maximum atomic E-state index is 12.9. The molecule has 458 valence electrons. The molecule has 0 radical (unpaired) electrons. The fourth-order valence-electron chi connectivity index (χ4n) is 11.3. The molecule has 0 aromatic rings. The molecule has 0 N–H and O–H groups in total. The molecule has 0 aliphatic heterocycles. The van der Waals surface area contributed by atoms with Gasteiger partial charge in [-0.3, -0.25) is 14.4 Å². The van der Waals surface area contributed by atoms with Gasteiger partial charge in [-0.2, -0.15) is 0 Å². The molecule has 0 heterocycles. The molecule has 1 atom stereocenters. The van der Waals surface area contributed by atoms with Gasteiger partial charge in [0.05, 0.1) is 0 Å². The molecule has 0 amide bonds. The molecule has 6 heteroatoms. The van der Waals surface area contributed by atoms with Crippen molar-refractivity contribution in [3.05, 3.63) is 0 Å². The van der Waals surface area contributed by atoms with Crippen LogP contribution in [0.15, 0.2) is 0 Å². The van der Waals surface area contributed by atoms with Gasteiger partial charge in [0.2, 0.25) is 0 Å². The number of hydrogen-bond donors (Lipinski definition) is 0. The highest BCUT2D eigenvalue weighted by molar-refractivity contribution is 5.71. The zero-order chi connectivity index (χ0) is 55.7. The Morgan fingerprint density at radius 1 is 0.208 bits per heavy atom. The van der Waals surface area contributed by atoms with Crippen molar-refractivity contribution < 1.29 is 28.6 Å². The van der Waals surface area contributed by atoms with E-state index < -0.39 is 6.10 Å². The maximum absolute atomic E-state index is 12.9. The third-order valence-electron chi connectivity index (χ3n) is 16.6. The topological polar surface area (TPSA) is 78.9 Å². The first-order valence-corrected chi connectivity index (χ1v) is 35.5. The van der Waals surface area contributed by atoms with Crippen LogP contribution < -0.4 is 0 Å². The van der Waals surface area contributed by atoms with Gasteiger partial charge < -0.3 is 14.2 Å². The number of ether oxygens (including phenoxy) is 3. The molecule has 0 bridgehead atoms. The lowest BCUT2D eigenvalue weighted by Gasteiger charge is -2.18. The molecular formula is C71H138O6. The van der Waals surface area contributed by atoms with E-state index in [4.69, 9.17) is 14.2 Å². The summed E-state index contributed by atoms with van der Waals surface area (Å²) in [6.45, 7) is 6.72. The van der Waals surface area contributed by atoms with E-state index in [1.165, 1.54) is 321 Å². The Bertz CT molecular complexity index is 1160. The Morgan fingerprint density at radius 3 is 0.519 bits per heavy atom. The maximum Gasteiger partial charge on any atom is 0.306 e. The van der Waals surface area contributed by atoms with E-state index in [0.717, 1.165) is 57.8 Å². The number of esters is 3. The molecular weight excluding hydrogens is 949 g/mol. The number of hydrogen-bond acceptors (Lipinski definition) is 6. The van der Waals surface area contributed by atoms with E-state index in [9.17, 15) is 14.4 Å². The summed E-state index contributed by atoms with van der Waals surface area (Å²) in [6.07, 6.45) is 78.8. The van der Waals surface area contributed by atoms with Crippen LogP contribution in [0.4, 0.5) is 0 Å². The van der Waals surface area contributed by atoms with Gasteiger partial charge in [0.25, 0.3) is 0 Å². The van der Waals surface area contributed by atoms with Gasteiger partial charge >= 0.3 is 17.9 Å². The summed E-state index contributed by atoms with van der Waals surface area (Å²) in [5.41, 5.74) is 0. The van der Waals surface area contributed by atoms with Gasteiger partial charge in [-0.25, -0.2) is 0 Å². The predicted molar refractivity (Wildman–Crippen MR) is 335 cm³/mol. The van der Waals surface area contributed by atoms with Crippen molar-refractivity contribution in [2.24, 2.45) is 0 Å². The van der Waals surface area contributed by atoms with Crippen molar-refractivity contribution in [2.45, 2.75) is 425 Å². The Morgan fingerprint density at radius 2 is 0.351 bits per heavy atom. The predicted octanol–water partition coefficient (Wildman–Crippen LogP) is 24.2. The molecule has 6 nitrogen and oxygen atoms in total. The quantitative estimate of drug-likeness (QED) is 0.0343. The molecule has 0 saturated heterocycles. The lowest BCUT2D eigenvalue weighted by molar-refractivity contribution is -0.167. The fraction of sp³-hybridized carbons (Fsp3) is 0.958. The normalized spacial score (nSPS) is 11.9. The third-order valence-corrected chi connectivity index (χ3v) is 16.6. The highest BCUT2D eigenvalue weighted by Crippen LogP contribution is 2.20. The number of rotatable bonds is 67. The summed E-state index contributed by atoms with van der Waals surface area (Å²) < 4.78 is 16.9. The molecule has 77 heavy (non-hydrogen) atoms. The third kappa shape index (κ3) is 65.1. The van der Waals surface area contributed by atoms with Crippen LogP contribution in [-0.2, 0) is 28.6 Å². The lowest BCUT2D eigenvalue weighted by Crippen LogP contribution is -2.30. The Labute approximate surface area is 482 Å². The average Bonchev–Trinajstić information content (AvgIpc) is 3.43. The summed E-state index contributed by atoms with van der Waals surface area (Å²) in [6, 6.07) is 0. The minimum absolute atomic E-state index is 0.0608. The van der Waals surface area contributed by atoms with Gasteiger partial charge in [0, 0.05) is 19.3 Å². The van der Waals surface area contributed by atoms with Crippen LogP contribution in [-0.4, -0.2) is 37.2 Å². The van der Waals surface area contributed by atoms with Crippen LogP contribution in [0.25, 0.3) is 0 Å². The van der Waals surface area contributed by atoms with Crippen LogP contribution >= 0.6 is 0 Å². The standard InChI is InChI=1S/C71H138O6/c1-4-7-10-13-16-19-22-25-26-27-28-29-30-31-32-33-34-35-36-37-38-39-40-41-42-43-44-45-47-49-52-55-58-61-64-70(73)76-67-68(66-75-69(72)63-60-57-54-51-48-24-21-18-15-12-9-6-3)77-71(74)65-62-59-56-53-50-46-23-20-17-14-11-8-5-2/h68H,4-67H2,1-3H3. The molecule has 0 spiro atoms. The van der Waals surface area contributed by atoms with Gasteiger partial charge in [0.15, 0.2) is 6.10 Å². The smallest absolute Gasteiger partial charge is 0.306 e. The molecule has 0 aromatic carbocycles. The Hall–Kier alpha value is -1.59. The number of unbranched alkanes of at least 4 members (excludes halogenated alkanes) is 56. The van der Waals surface area contributed by atoms with Crippen molar-refractivity contribution in [2.75, 3.05) is 13.2 Å². The molecule has 0 fully saturated rings. The summed E-state index contributed by atoms with van der Waals surface area (Å²) in [5.74, 6) is -0.827. The van der Waals surface area contributed by atoms with E-state index in [0.29, 0.717) is 19.3 Å². The van der Waals surface area contributed by atoms with Gasteiger partial charge in [-0.1, -0.05) is 380 Å². The SMILES string of the molecule is CCCCCCCCCCCCCCCCCCCCCCCCCCCCCCCCCCCCC(=O)OCC(COC(=O)CCCCCCCCCCCCCC)OC(=O)CCCCCCCCCCCCCCC. The van der Waals surface area contributed by atoms with Crippen molar-refractivity contribution in [3.8, 4) is 0 Å². The van der Waals surface area contributed by atoms with Crippen molar-refractivity contribution in [1.82, 2.24) is 0 Å². The van der Waals surface area contributed by atoms with Crippen molar-refractivity contribution in [1.29, 1.82) is 0 Å². The summed E-state index contributed by atoms with van der Waals surface area (Å²) in [7, 11) is 0. The van der Waals surface area contributed by atoms with E-state index in [1.807, 2.05) is 0 Å². The molecule has 0 saturated carbocycles. The van der Waals surface area contributed by atoms with E-state index in [-0.39, 0.29) is 31.1 Å². The molecule has 0 aliphatic rings. The minimum atomic E-state index is -0.762. The fourth-order valence-corrected chi connectivity index (χ4v) is 11.3. The average molecular weight is 1090 g/mol. The lowest BCUT2D eigenvalue weighted by atomic mass is 10.0. The van der Waals surface area contributed by atoms with Crippen LogP contribution in [0.3, 0.4) is 0 Å². The first kappa shape index (κ1) is 75.4. The van der Waals surface area contributed by atoms with Gasteiger partial charge in [0.1, 0.15) is 13.2 Å². The highest BCUT2D eigenvalue weighted by Gasteiger charge is 2.19. The van der Waals surface area contributed by atoms with E-state index in [2.05, 4.69) is 20.8 Å². The van der Waals surface area contributed by atoms with Crippen LogP contribution in [0.1, 0.15) is 419 Å². The Kier molecular flexibility index (Phi) is 65.5. The zero-order valence-electron chi connectivity index (χ0n) is 52.8. The van der Waals surface area contributed by atoms with E-state index in [1.54, 1.807) is 0 Å². The zero-order valence-corrected chi connectivity index (χ0v) is 52.8. The first-order chi connectivity index (χ1) is 38.0. The van der Waals surface area contributed by atoms with Gasteiger partial charge in [-0.05, 0) is 19.3 Å². The minimum Gasteiger partial charge on any atom is -0.462 e. The first-order valence-electron chi connectivity index (χ1n) is 35.5. The second-order valence-electron chi connectivity index (χ2n) is 24.5. The summed E-state index contributed by atoms with van der Waals surface area (Å²) >= 11 is 0. The van der Waals surface area contributed by atoms with Crippen molar-refractivity contribution in [3.63, 3.8) is 0 Å². The summed E-state index contributed by atoms with van der Waals surface area (Å²) in [4.78, 5) is 38.2. The second kappa shape index (κ2) is 66.9. The number of carbonyl (C=O) groups is 3. The highest BCUT2D eigenvalue weighted by atomic mass is 16.6. The molecule has 0 aliphatic carbocycles. The van der Waals surface area contributed by atoms with Crippen LogP contribution in [0.5, 0.6) is 0 Å². The van der Waals surface area contributed by atoms with E-state index >= 15 is 0 Å². The number of carbonyl (C=O) groups excluding carboxylic acids is 3. The molecule has 0 rings (SSSR count). The second-order valence-corrected chi connectivity index (χ2v) is 24.5. The molecule has 1 unspecified atom stereocenters. The Balaban J connectivity index is 3.97. The molecule has 0 aromatic heterocycles. The van der Waals surface area contributed by atoms with Crippen molar-refractivity contribution >= 4 is 17.9 Å². The van der Waals surface area contributed by atoms with Crippen LogP contribution in [0, 0.1) is 0 Å². The van der Waals surface area contributed by atoms with Gasteiger partial charge in [-0.15, -0.1) is 0 Å². The largest absolute Gasteiger partial charge is 0.462 e. The summed E-state index contributed by atoms with van der Waals surface area (Å²) in [5, 5.41) is 0. The monoisotopic (exact) mass is 1090 g/mol.